The number of nitro groups is 1. The molecule has 9 heteroatoms. The molecule has 0 aliphatic carbocycles. The summed E-state index contributed by atoms with van der Waals surface area (Å²) in [6.07, 6.45) is 1.58. The van der Waals surface area contributed by atoms with Gasteiger partial charge in [-0.25, -0.2) is 4.98 Å². The van der Waals surface area contributed by atoms with Gasteiger partial charge in [0, 0.05) is 18.0 Å². The molecule has 3 rings (SSSR count). The number of fused-ring (bicyclic) bond motifs is 1. The number of imidazole rings is 1. The molecule has 0 unspecified atom stereocenters. The zero-order chi connectivity index (χ0) is 17.4. The molecule has 1 aromatic carbocycles. The van der Waals surface area contributed by atoms with Gasteiger partial charge in [-0.2, -0.15) is 0 Å². The highest BCUT2D eigenvalue weighted by Crippen LogP contribution is 2.28. The summed E-state index contributed by atoms with van der Waals surface area (Å²) < 4.78 is 1.57. The van der Waals surface area contributed by atoms with Crippen LogP contribution in [0.2, 0.25) is 10.0 Å². The van der Waals surface area contributed by atoms with Gasteiger partial charge in [0.1, 0.15) is 16.4 Å². The van der Waals surface area contributed by atoms with Gasteiger partial charge in [0.25, 0.3) is 11.6 Å². The molecule has 122 valence electrons. The third-order valence-electron chi connectivity index (χ3n) is 3.37. The number of nitrogens with one attached hydrogen (secondary N) is 1. The van der Waals surface area contributed by atoms with Crippen molar-refractivity contribution >= 4 is 46.1 Å². The van der Waals surface area contributed by atoms with Crippen LogP contribution in [0.15, 0.2) is 36.5 Å². The van der Waals surface area contributed by atoms with E-state index < -0.39 is 10.8 Å². The van der Waals surface area contributed by atoms with Crippen LogP contribution in [0.25, 0.3) is 5.65 Å². The van der Waals surface area contributed by atoms with E-state index in [0.717, 1.165) is 0 Å². The van der Waals surface area contributed by atoms with Crippen molar-refractivity contribution in [1.29, 1.82) is 0 Å². The van der Waals surface area contributed by atoms with Crippen molar-refractivity contribution in [2.75, 3.05) is 5.32 Å². The van der Waals surface area contributed by atoms with Crippen molar-refractivity contribution in [3.05, 3.63) is 68.1 Å². The van der Waals surface area contributed by atoms with Gasteiger partial charge in [0.05, 0.1) is 15.6 Å². The Morgan fingerprint density at radius 3 is 2.75 bits per heavy atom. The number of nitrogens with zero attached hydrogens (tertiary/aromatic N) is 3. The number of benzene rings is 1. The summed E-state index contributed by atoms with van der Waals surface area (Å²) in [5.74, 6) is -0.459. The van der Waals surface area contributed by atoms with E-state index in [0.29, 0.717) is 22.1 Å². The molecule has 7 nitrogen and oxygen atoms in total. The van der Waals surface area contributed by atoms with E-state index in [9.17, 15) is 14.9 Å². The van der Waals surface area contributed by atoms with Gasteiger partial charge < -0.3 is 5.32 Å². The first-order chi connectivity index (χ1) is 11.4. The number of aromatic nitrogens is 2. The number of halogens is 2. The maximum atomic E-state index is 12.6. The van der Waals surface area contributed by atoms with Gasteiger partial charge in [-0.05, 0) is 31.2 Å². The van der Waals surface area contributed by atoms with Crippen molar-refractivity contribution in [3.8, 4) is 0 Å². The van der Waals surface area contributed by atoms with Crippen molar-refractivity contribution < 1.29 is 9.72 Å². The molecule has 2 heterocycles. The Balaban J connectivity index is 1.99. The summed E-state index contributed by atoms with van der Waals surface area (Å²) in [5.41, 5.74) is 1.35. The minimum atomic E-state index is -0.614. The Bertz CT molecular complexity index is 984. The molecule has 0 saturated carbocycles. The molecule has 0 aliphatic rings. The van der Waals surface area contributed by atoms with Crippen LogP contribution >= 0.6 is 23.2 Å². The summed E-state index contributed by atoms with van der Waals surface area (Å²) >= 11 is 11.7. The Labute approximate surface area is 146 Å². The van der Waals surface area contributed by atoms with Crippen LogP contribution < -0.4 is 5.32 Å². The molecule has 2 aromatic heterocycles. The zero-order valence-corrected chi connectivity index (χ0v) is 13.8. The second-order valence-corrected chi connectivity index (χ2v) is 5.84. The largest absolute Gasteiger partial charge is 0.320 e. The molecule has 0 spiro atoms. The first kappa shape index (κ1) is 16.2. The Morgan fingerprint density at radius 1 is 1.29 bits per heavy atom. The molecular weight excluding hydrogens is 355 g/mol. The van der Waals surface area contributed by atoms with Gasteiger partial charge in [0.15, 0.2) is 0 Å². The monoisotopic (exact) mass is 364 g/mol. The number of nitro benzene ring substituents is 1. The van der Waals surface area contributed by atoms with Crippen molar-refractivity contribution in [1.82, 2.24) is 9.38 Å². The number of hydrogen-bond acceptors (Lipinski definition) is 4. The minimum Gasteiger partial charge on any atom is -0.320 e. The number of hydrogen-bond donors (Lipinski definition) is 1. The maximum absolute atomic E-state index is 12.6. The molecular formula is C15H10Cl2N4O3. The molecule has 24 heavy (non-hydrogen) atoms. The molecule has 1 N–H and O–H groups in total. The first-order valence-corrected chi connectivity index (χ1v) is 7.52. The molecule has 3 aromatic rings. The van der Waals surface area contributed by atoms with Crippen molar-refractivity contribution in [2.24, 2.45) is 0 Å². The summed E-state index contributed by atoms with van der Waals surface area (Å²) in [5, 5.41) is 14.0. The second kappa shape index (κ2) is 6.10. The van der Waals surface area contributed by atoms with Crippen LogP contribution in [0.5, 0.6) is 0 Å². The van der Waals surface area contributed by atoms with Crippen LogP contribution in [0.1, 0.15) is 16.2 Å². The van der Waals surface area contributed by atoms with Gasteiger partial charge in [-0.15, -0.1) is 0 Å². The Hall–Kier alpha value is -2.64. The average molecular weight is 365 g/mol. The fraction of sp³-hybridized carbons (Fsp3) is 0.0667. The molecule has 0 saturated heterocycles. The van der Waals surface area contributed by atoms with E-state index in [1.807, 2.05) is 0 Å². The Kier molecular flexibility index (Phi) is 4.13. The number of aryl methyl sites for hydroxylation is 1. The predicted octanol–water partition coefficient (Wildman–Crippen LogP) is 4.11. The van der Waals surface area contributed by atoms with Gasteiger partial charge in [-0.3, -0.25) is 19.3 Å². The minimum absolute atomic E-state index is 0.00392. The first-order valence-electron chi connectivity index (χ1n) is 6.76. The number of anilines is 1. The molecule has 0 aliphatic heterocycles. The summed E-state index contributed by atoms with van der Waals surface area (Å²) in [4.78, 5) is 27.2. The van der Waals surface area contributed by atoms with Crippen molar-refractivity contribution in [2.45, 2.75) is 6.92 Å². The van der Waals surface area contributed by atoms with E-state index in [1.54, 1.807) is 29.7 Å². The highest BCUT2D eigenvalue weighted by Gasteiger charge is 2.19. The lowest BCUT2D eigenvalue weighted by Crippen LogP contribution is -2.15. The van der Waals surface area contributed by atoms with Crippen molar-refractivity contribution in [3.63, 3.8) is 0 Å². The topological polar surface area (TPSA) is 89.5 Å². The van der Waals surface area contributed by atoms with E-state index >= 15 is 0 Å². The quantitative estimate of drug-likeness (QED) is 0.559. The number of carbonyl (C=O) groups is 1. The maximum Gasteiger partial charge on any atom is 0.289 e. The van der Waals surface area contributed by atoms with Crippen LogP contribution in [0, 0.1) is 17.0 Å². The molecule has 0 bridgehead atoms. The average Bonchev–Trinajstić information content (AvgIpc) is 2.84. The standard InChI is InChI=1S/C15H10Cl2N4O3/c1-8-14(20-7-9(16)2-5-13(20)18-8)15(22)19-10-3-4-11(17)12(6-10)21(23)24/h2-7H,1H3,(H,19,22). The van der Waals surface area contributed by atoms with Gasteiger partial charge in [-0.1, -0.05) is 23.2 Å². The molecule has 1 amide bonds. The lowest BCUT2D eigenvalue weighted by molar-refractivity contribution is -0.384. The number of rotatable bonds is 3. The Morgan fingerprint density at radius 2 is 2.04 bits per heavy atom. The van der Waals surface area contributed by atoms with E-state index in [-0.39, 0.29) is 16.4 Å². The zero-order valence-electron chi connectivity index (χ0n) is 12.3. The number of carbonyl (C=O) groups excluding carboxylic acids is 1. The second-order valence-electron chi connectivity index (χ2n) is 5.00. The lowest BCUT2D eigenvalue weighted by Gasteiger charge is -2.07. The van der Waals surface area contributed by atoms with Gasteiger partial charge >= 0.3 is 0 Å². The van der Waals surface area contributed by atoms with E-state index in [4.69, 9.17) is 23.2 Å². The summed E-state index contributed by atoms with van der Waals surface area (Å²) in [6, 6.07) is 7.41. The SMILES string of the molecule is Cc1nc2ccc(Cl)cn2c1C(=O)Nc1ccc(Cl)c([N+](=O)[O-])c1. The highest BCUT2D eigenvalue weighted by atomic mass is 35.5. The van der Waals surface area contributed by atoms with E-state index in [1.165, 1.54) is 18.2 Å². The normalized spacial score (nSPS) is 10.8. The number of pyridine rings is 1. The smallest absolute Gasteiger partial charge is 0.289 e. The molecule has 0 radical (unpaired) electrons. The fourth-order valence-corrected chi connectivity index (χ4v) is 2.68. The number of amides is 1. The van der Waals surface area contributed by atoms with Crippen LogP contribution in [-0.2, 0) is 0 Å². The molecule has 0 fully saturated rings. The third-order valence-corrected chi connectivity index (χ3v) is 3.92. The fourth-order valence-electron chi connectivity index (χ4n) is 2.33. The van der Waals surface area contributed by atoms with Crippen LogP contribution in [0.3, 0.4) is 0 Å². The van der Waals surface area contributed by atoms with E-state index in [2.05, 4.69) is 10.3 Å². The molecule has 0 atom stereocenters. The highest BCUT2D eigenvalue weighted by molar-refractivity contribution is 6.32. The summed E-state index contributed by atoms with van der Waals surface area (Å²) in [7, 11) is 0. The summed E-state index contributed by atoms with van der Waals surface area (Å²) in [6.45, 7) is 1.69. The lowest BCUT2D eigenvalue weighted by atomic mass is 10.2. The van der Waals surface area contributed by atoms with Crippen LogP contribution in [-0.4, -0.2) is 20.2 Å². The third kappa shape index (κ3) is 2.91. The van der Waals surface area contributed by atoms with Crippen LogP contribution in [0.4, 0.5) is 11.4 Å². The van der Waals surface area contributed by atoms with Gasteiger partial charge in [0.2, 0.25) is 0 Å². The predicted molar refractivity (Wildman–Crippen MR) is 91.0 cm³/mol.